The second-order valence-electron chi connectivity index (χ2n) is 6.40. The number of carbonyl (C=O) groups excluding carboxylic acids is 1. The maximum absolute atomic E-state index is 13.4. The van der Waals surface area contributed by atoms with Gasteiger partial charge in [-0.25, -0.2) is 9.07 Å². The molecule has 0 aliphatic carbocycles. The summed E-state index contributed by atoms with van der Waals surface area (Å²) in [4.78, 5) is 14.5. The zero-order valence-electron chi connectivity index (χ0n) is 13.8. The van der Waals surface area contributed by atoms with Gasteiger partial charge in [0.15, 0.2) is 5.69 Å². The average molecular weight is 366 g/mol. The molecule has 2 aromatic rings. The van der Waals surface area contributed by atoms with Crippen molar-refractivity contribution in [2.75, 3.05) is 24.5 Å². The van der Waals surface area contributed by atoms with Crippen LogP contribution in [0.5, 0.6) is 0 Å². The van der Waals surface area contributed by atoms with E-state index in [1.165, 1.54) is 12.1 Å². The summed E-state index contributed by atoms with van der Waals surface area (Å²) in [5.41, 5.74) is 2.01. The van der Waals surface area contributed by atoms with Gasteiger partial charge in [-0.15, -0.1) is 17.5 Å². The highest BCUT2D eigenvalue weighted by atomic mass is 35.5. The van der Waals surface area contributed by atoms with Crippen molar-refractivity contribution in [3.05, 3.63) is 41.5 Å². The van der Waals surface area contributed by atoms with E-state index in [-0.39, 0.29) is 24.1 Å². The molecule has 0 radical (unpaired) electrons. The van der Waals surface area contributed by atoms with Crippen molar-refractivity contribution in [1.29, 1.82) is 0 Å². The van der Waals surface area contributed by atoms with Crippen LogP contribution in [0.1, 0.15) is 41.4 Å². The van der Waals surface area contributed by atoms with Crippen molar-refractivity contribution >= 4 is 24.0 Å². The standard InChI is InChI=1S/C17H20FN5O.ClH/c18-13-3-4-16-12(10-13)2-1-9-22(16)17(24)15-11-23(21-20-15)14-5-7-19-8-6-14;/h3-4,10-11,14,19H,1-2,5-9H2;1H. The summed E-state index contributed by atoms with van der Waals surface area (Å²) in [5, 5.41) is 11.6. The summed E-state index contributed by atoms with van der Waals surface area (Å²) < 4.78 is 15.2. The molecule has 1 aromatic carbocycles. The predicted molar refractivity (Wildman–Crippen MR) is 94.8 cm³/mol. The lowest BCUT2D eigenvalue weighted by molar-refractivity contribution is 0.0980. The lowest BCUT2D eigenvalue weighted by atomic mass is 10.0. The van der Waals surface area contributed by atoms with Crippen molar-refractivity contribution in [1.82, 2.24) is 20.3 Å². The first-order valence-corrected chi connectivity index (χ1v) is 8.45. The number of hydrogen-bond donors (Lipinski definition) is 1. The molecule has 2 aliphatic rings. The van der Waals surface area contributed by atoms with Gasteiger partial charge >= 0.3 is 0 Å². The Balaban J connectivity index is 0.00000182. The normalized spacial score (nSPS) is 17.7. The molecule has 3 heterocycles. The third kappa shape index (κ3) is 3.52. The lowest BCUT2D eigenvalue weighted by Crippen LogP contribution is -2.35. The van der Waals surface area contributed by atoms with Gasteiger partial charge in [0, 0.05) is 12.2 Å². The molecule has 8 heteroatoms. The fourth-order valence-electron chi connectivity index (χ4n) is 3.54. The highest BCUT2D eigenvalue weighted by Crippen LogP contribution is 2.29. The van der Waals surface area contributed by atoms with Gasteiger partial charge in [0.2, 0.25) is 0 Å². The van der Waals surface area contributed by atoms with Crippen LogP contribution in [-0.4, -0.2) is 40.5 Å². The van der Waals surface area contributed by atoms with Crippen LogP contribution in [-0.2, 0) is 6.42 Å². The Kier molecular flexibility index (Phi) is 5.34. The van der Waals surface area contributed by atoms with E-state index in [4.69, 9.17) is 0 Å². The van der Waals surface area contributed by atoms with E-state index in [9.17, 15) is 9.18 Å². The molecule has 1 saturated heterocycles. The minimum atomic E-state index is -0.264. The smallest absolute Gasteiger partial charge is 0.280 e. The number of benzene rings is 1. The molecule has 1 fully saturated rings. The topological polar surface area (TPSA) is 63.1 Å². The molecule has 2 aliphatic heterocycles. The van der Waals surface area contributed by atoms with E-state index >= 15 is 0 Å². The van der Waals surface area contributed by atoms with Crippen molar-refractivity contribution in [2.45, 2.75) is 31.7 Å². The van der Waals surface area contributed by atoms with E-state index < -0.39 is 0 Å². The summed E-state index contributed by atoms with van der Waals surface area (Å²) >= 11 is 0. The maximum Gasteiger partial charge on any atom is 0.280 e. The summed E-state index contributed by atoms with van der Waals surface area (Å²) in [5.74, 6) is -0.428. The van der Waals surface area contributed by atoms with Gasteiger partial charge in [-0.3, -0.25) is 4.79 Å². The number of aryl methyl sites for hydroxylation is 1. The molecule has 4 rings (SSSR count). The third-order valence-electron chi connectivity index (χ3n) is 4.82. The number of amides is 1. The Morgan fingerprint density at radius 2 is 2.08 bits per heavy atom. The van der Waals surface area contributed by atoms with E-state index in [1.807, 2.05) is 4.68 Å². The first kappa shape index (κ1) is 17.8. The number of anilines is 1. The van der Waals surface area contributed by atoms with Crippen LogP contribution in [0.25, 0.3) is 0 Å². The molecule has 0 spiro atoms. The molecular formula is C17H21ClFN5O. The molecule has 1 aromatic heterocycles. The zero-order valence-corrected chi connectivity index (χ0v) is 14.6. The minimum Gasteiger partial charge on any atom is -0.317 e. The summed E-state index contributed by atoms with van der Waals surface area (Å²) in [6.07, 6.45) is 5.34. The van der Waals surface area contributed by atoms with Gasteiger partial charge in [0.25, 0.3) is 5.91 Å². The van der Waals surface area contributed by atoms with E-state index in [0.29, 0.717) is 18.3 Å². The largest absolute Gasteiger partial charge is 0.317 e. The second kappa shape index (κ2) is 7.49. The SMILES string of the molecule is Cl.O=C(c1cn(C2CCNCC2)nn1)N1CCCc2cc(F)ccc21. The van der Waals surface area contributed by atoms with Crippen molar-refractivity contribution in [3.63, 3.8) is 0 Å². The number of halogens is 2. The fraction of sp³-hybridized carbons (Fsp3) is 0.471. The van der Waals surface area contributed by atoms with Gasteiger partial charge in [0.05, 0.1) is 12.2 Å². The Hall–Kier alpha value is -1.99. The Bertz CT molecular complexity index is 759. The molecule has 0 unspecified atom stereocenters. The van der Waals surface area contributed by atoms with Crippen LogP contribution < -0.4 is 10.2 Å². The Labute approximate surface area is 151 Å². The third-order valence-corrected chi connectivity index (χ3v) is 4.82. The van der Waals surface area contributed by atoms with Crippen molar-refractivity contribution < 1.29 is 9.18 Å². The van der Waals surface area contributed by atoms with Crippen LogP contribution in [0.4, 0.5) is 10.1 Å². The molecule has 1 amide bonds. The zero-order chi connectivity index (χ0) is 16.5. The summed E-state index contributed by atoms with van der Waals surface area (Å²) in [6, 6.07) is 4.89. The second-order valence-corrected chi connectivity index (χ2v) is 6.40. The van der Waals surface area contributed by atoms with Crippen LogP contribution >= 0.6 is 12.4 Å². The van der Waals surface area contributed by atoms with Crippen LogP contribution in [0, 0.1) is 5.82 Å². The molecule has 0 atom stereocenters. The van der Waals surface area contributed by atoms with Crippen molar-refractivity contribution in [2.24, 2.45) is 0 Å². The first-order chi connectivity index (χ1) is 11.7. The van der Waals surface area contributed by atoms with Gasteiger partial charge < -0.3 is 10.2 Å². The summed E-state index contributed by atoms with van der Waals surface area (Å²) in [6.45, 7) is 2.54. The van der Waals surface area contributed by atoms with Gasteiger partial charge in [-0.2, -0.15) is 0 Å². The first-order valence-electron chi connectivity index (χ1n) is 8.45. The minimum absolute atomic E-state index is 0. The number of nitrogens with one attached hydrogen (secondary N) is 1. The number of aromatic nitrogens is 3. The number of carbonyl (C=O) groups is 1. The van der Waals surface area contributed by atoms with Gasteiger partial charge in [0.1, 0.15) is 5.82 Å². The highest BCUT2D eigenvalue weighted by molar-refractivity contribution is 6.05. The highest BCUT2D eigenvalue weighted by Gasteiger charge is 2.27. The number of hydrogen-bond acceptors (Lipinski definition) is 4. The number of rotatable bonds is 2. The van der Waals surface area contributed by atoms with Crippen LogP contribution in [0.15, 0.2) is 24.4 Å². The fourth-order valence-corrected chi connectivity index (χ4v) is 3.54. The van der Waals surface area contributed by atoms with Crippen LogP contribution in [0.2, 0.25) is 0 Å². The summed E-state index contributed by atoms with van der Waals surface area (Å²) in [7, 11) is 0. The molecule has 25 heavy (non-hydrogen) atoms. The molecule has 134 valence electrons. The number of fused-ring (bicyclic) bond motifs is 1. The quantitative estimate of drug-likeness (QED) is 0.887. The van der Waals surface area contributed by atoms with Gasteiger partial charge in [-0.05, 0) is 62.5 Å². The average Bonchev–Trinajstić information content (AvgIpc) is 3.11. The van der Waals surface area contributed by atoms with Crippen molar-refractivity contribution in [3.8, 4) is 0 Å². The van der Waals surface area contributed by atoms with E-state index in [2.05, 4.69) is 15.6 Å². The number of nitrogens with zero attached hydrogens (tertiary/aromatic N) is 4. The number of piperidine rings is 1. The molecule has 6 nitrogen and oxygen atoms in total. The lowest BCUT2D eigenvalue weighted by Gasteiger charge is -2.28. The monoisotopic (exact) mass is 365 g/mol. The maximum atomic E-state index is 13.4. The van der Waals surface area contributed by atoms with Crippen LogP contribution in [0.3, 0.4) is 0 Å². The van der Waals surface area contributed by atoms with E-state index in [1.54, 1.807) is 17.2 Å². The molecule has 0 saturated carbocycles. The predicted octanol–water partition coefficient (Wildman–Crippen LogP) is 2.36. The van der Waals surface area contributed by atoms with Gasteiger partial charge in [-0.1, -0.05) is 5.21 Å². The Morgan fingerprint density at radius 1 is 1.28 bits per heavy atom. The molecule has 1 N–H and O–H groups in total. The van der Waals surface area contributed by atoms with E-state index in [0.717, 1.165) is 50.0 Å². The molecular weight excluding hydrogens is 345 g/mol. The molecule has 0 bridgehead atoms. The Morgan fingerprint density at radius 3 is 2.88 bits per heavy atom.